The molecule has 25 heavy (non-hydrogen) atoms. The van der Waals surface area contributed by atoms with E-state index < -0.39 is 29.5 Å². The molecule has 4 heterocycles. The number of para-hydroxylation sites is 1. The molecule has 0 saturated carbocycles. The van der Waals surface area contributed by atoms with E-state index in [0.717, 1.165) is 22.9 Å². The predicted molar refractivity (Wildman–Crippen MR) is 89.9 cm³/mol. The van der Waals surface area contributed by atoms with Crippen molar-refractivity contribution in [3.05, 3.63) is 48.2 Å². The number of rotatable bonds is 4. The third-order valence-corrected chi connectivity index (χ3v) is 5.79. The molecule has 2 bridgehead atoms. The first-order chi connectivity index (χ1) is 12.1. The van der Waals surface area contributed by atoms with Crippen molar-refractivity contribution in [2.24, 2.45) is 11.8 Å². The summed E-state index contributed by atoms with van der Waals surface area (Å²) in [6, 6.07) is 8.07. The van der Waals surface area contributed by atoms with Gasteiger partial charge in [0.1, 0.15) is 11.5 Å². The molecule has 2 aromatic rings. The van der Waals surface area contributed by atoms with Crippen LogP contribution in [0.15, 0.2) is 42.6 Å². The molecule has 1 aromatic carbocycles. The van der Waals surface area contributed by atoms with E-state index in [4.69, 9.17) is 4.74 Å². The van der Waals surface area contributed by atoms with Gasteiger partial charge in [0.05, 0.1) is 18.6 Å². The van der Waals surface area contributed by atoms with Crippen LogP contribution in [0.1, 0.15) is 5.56 Å². The molecular formula is C19H18N2O4. The summed E-state index contributed by atoms with van der Waals surface area (Å²) < 4.78 is 5.91. The van der Waals surface area contributed by atoms with E-state index in [0.29, 0.717) is 13.1 Å². The number of hydrogen-bond acceptors (Lipinski definition) is 3. The Morgan fingerprint density at radius 3 is 3.08 bits per heavy atom. The van der Waals surface area contributed by atoms with E-state index in [-0.39, 0.29) is 5.91 Å². The summed E-state index contributed by atoms with van der Waals surface area (Å²) in [5.41, 5.74) is 1.50. The van der Waals surface area contributed by atoms with Crippen LogP contribution in [0.25, 0.3) is 10.9 Å². The van der Waals surface area contributed by atoms with Crippen LogP contribution in [0.2, 0.25) is 0 Å². The lowest BCUT2D eigenvalue weighted by molar-refractivity contribution is -0.148. The van der Waals surface area contributed by atoms with E-state index in [9.17, 15) is 14.7 Å². The van der Waals surface area contributed by atoms with Gasteiger partial charge >= 0.3 is 5.97 Å². The van der Waals surface area contributed by atoms with Crippen LogP contribution in [-0.2, 0) is 20.7 Å². The Balaban J connectivity index is 1.37. The van der Waals surface area contributed by atoms with Crippen LogP contribution in [0.4, 0.5) is 0 Å². The highest BCUT2D eigenvalue weighted by Gasteiger charge is 2.66. The summed E-state index contributed by atoms with van der Waals surface area (Å²) in [5, 5.41) is 10.7. The number of nitrogens with one attached hydrogen (secondary N) is 1. The summed E-state index contributed by atoms with van der Waals surface area (Å²) >= 11 is 0. The molecule has 5 rings (SSSR count). The van der Waals surface area contributed by atoms with Gasteiger partial charge in [0, 0.05) is 23.6 Å². The van der Waals surface area contributed by atoms with E-state index >= 15 is 0 Å². The number of carboxylic acid groups (broad SMARTS) is 1. The normalized spacial score (nSPS) is 32.7. The Bertz CT molecular complexity index is 917. The minimum Gasteiger partial charge on any atom is -0.481 e. The highest BCUT2D eigenvalue weighted by atomic mass is 16.5. The molecule has 3 aliphatic heterocycles. The number of hydrogen-bond donors (Lipinski definition) is 2. The molecular weight excluding hydrogens is 320 g/mol. The van der Waals surface area contributed by atoms with Crippen molar-refractivity contribution >= 4 is 22.8 Å². The van der Waals surface area contributed by atoms with Crippen molar-refractivity contribution in [3.8, 4) is 0 Å². The van der Waals surface area contributed by atoms with Gasteiger partial charge in [0.2, 0.25) is 5.91 Å². The quantitative estimate of drug-likeness (QED) is 0.829. The smallest absolute Gasteiger partial charge is 0.310 e. The Labute approximate surface area is 144 Å². The number of fused-ring (bicyclic) bond motifs is 2. The second-order valence-electron chi connectivity index (χ2n) is 7.11. The fourth-order valence-corrected chi connectivity index (χ4v) is 4.64. The maximum absolute atomic E-state index is 12.9. The summed E-state index contributed by atoms with van der Waals surface area (Å²) in [6.45, 7) is 1.00. The maximum Gasteiger partial charge on any atom is 0.310 e. The number of benzene rings is 1. The van der Waals surface area contributed by atoms with Gasteiger partial charge in [-0.25, -0.2) is 0 Å². The Kier molecular flexibility index (Phi) is 2.92. The van der Waals surface area contributed by atoms with Crippen molar-refractivity contribution < 1.29 is 19.4 Å². The van der Waals surface area contributed by atoms with E-state index in [1.807, 2.05) is 30.5 Å². The number of likely N-dealkylation sites (tertiary alicyclic amines) is 1. The van der Waals surface area contributed by atoms with Crippen molar-refractivity contribution in [2.45, 2.75) is 18.1 Å². The van der Waals surface area contributed by atoms with Gasteiger partial charge in [-0.15, -0.1) is 0 Å². The topological polar surface area (TPSA) is 82.6 Å². The first-order valence-corrected chi connectivity index (χ1v) is 8.53. The first-order valence-electron chi connectivity index (χ1n) is 8.53. The van der Waals surface area contributed by atoms with Gasteiger partial charge in [-0.3, -0.25) is 9.59 Å². The van der Waals surface area contributed by atoms with Crippen LogP contribution >= 0.6 is 0 Å². The zero-order chi connectivity index (χ0) is 17.2. The number of carbonyl (C=O) groups excluding carboxylic acids is 1. The molecule has 6 nitrogen and oxygen atoms in total. The van der Waals surface area contributed by atoms with Gasteiger partial charge in [0.25, 0.3) is 0 Å². The lowest BCUT2D eigenvalue weighted by Gasteiger charge is -2.21. The molecule has 2 saturated heterocycles. The fraction of sp³-hybridized carbons (Fsp3) is 0.368. The minimum absolute atomic E-state index is 0.0981. The number of carboxylic acids is 1. The molecule has 1 spiro atoms. The highest BCUT2D eigenvalue weighted by molar-refractivity contribution is 5.91. The Morgan fingerprint density at radius 1 is 1.40 bits per heavy atom. The molecule has 0 unspecified atom stereocenters. The van der Waals surface area contributed by atoms with E-state index in [1.165, 1.54) is 0 Å². The van der Waals surface area contributed by atoms with Crippen molar-refractivity contribution in [1.29, 1.82) is 0 Å². The molecule has 4 atom stereocenters. The van der Waals surface area contributed by atoms with E-state index in [1.54, 1.807) is 11.0 Å². The first kappa shape index (κ1) is 14.7. The van der Waals surface area contributed by atoms with Crippen LogP contribution in [0.5, 0.6) is 0 Å². The van der Waals surface area contributed by atoms with Gasteiger partial charge < -0.3 is 19.7 Å². The number of aromatic amines is 1. The molecule has 6 heteroatoms. The molecule has 2 N–H and O–H groups in total. The number of aliphatic carboxylic acids is 1. The maximum atomic E-state index is 12.9. The second kappa shape index (κ2) is 4.95. The summed E-state index contributed by atoms with van der Waals surface area (Å²) in [7, 11) is 0. The Hall–Kier alpha value is -2.60. The molecule has 1 amide bonds. The van der Waals surface area contributed by atoms with Gasteiger partial charge in [-0.2, -0.15) is 0 Å². The van der Waals surface area contributed by atoms with E-state index in [2.05, 4.69) is 11.1 Å². The number of amides is 1. The van der Waals surface area contributed by atoms with Crippen molar-refractivity contribution in [1.82, 2.24) is 9.88 Å². The summed E-state index contributed by atoms with van der Waals surface area (Å²) in [6.07, 6.45) is 5.93. The SMILES string of the molecule is O=C(O)[C@@H]1[C@H]2C=C[C@]3(CN(CCc4c[nH]c5ccccc45)C(=O)[C@@H]13)O2. The third kappa shape index (κ3) is 1.94. The zero-order valence-corrected chi connectivity index (χ0v) is 13.5. The molecule has 1 aromatic heterocycles. The van der Waals surface area contributed by atoms with Gasteiger partial charge in [-0.05, 0) is 18.1 Å². The summed E-state index contributed by atoms with van der Waals surface area (Å²) in [4.78, 5) is 29.4. The number of nitrogens with zero attached hydrogens (tertiary/aromatic N) is 1. The van der Waals surface area contributed by atoms with Gasteiger partial charge in [0.15, 0.2) is 0 Å². The lowest BCUT2D eigenvalue weighted by atomic mass is 9.77. The van der Waals surface area contributed by atoms with Crippen molar-refractivity contribution in [2.75, 3.05) is 13.1 Å². The monoisotopic (exact) mass is 338 g/mol. The second-order valence-corrected chi connectivity index (χ2v) is 7.11. The molecule has 0 radical (unpaired) electrons. The molecule has 0 aliphatic carbocycles. The standard InChI is InChI=1S/C19H18N2O4/c22-17-16-15(18(23)24)14-5-7-19(16,25-14)10-21(17)8-6-11-9-20-13-4-2-1-3-12(11)13/h1-5,7,9,14-16,20H,6,8,10H2,(H,23,24)/t14-,15-,16-,19-/m1/s1. The Morgan fingerprint density at radius 2 is 2.24 bits per heavy atom. The molecule has 2 fully saturated rings. The van der Waals surface area contributed by atoms with Crippen molar-refractivity contribution in [3.63, 3.8) is 0 Å². The van der Waals surface area contributed by atoms with Crippen LogP contribution < -0.4 is 0 Å². The molecule has 128 valence electrons. The highest BCUT2D eigenvalue weighted by Crippen LogP contribution is 2.51. The average Bonchev–Trinajstić information content (AvgIpc) is 3.33. The van der Waals surface area contributed by atoms with Crippen LogP contribution in [0, 0.1) is 11.8 Å². The van der Waals surface area contributed by atoms with Gasteiger partial charge in [-0.1, -0.05) is 30.4 Å². The average molecular weight is 338 g/mol. The lowest BCUT2D eigenvalue weighted by Crippen LogP contribution is -2.39. The number of carbonyl (C=O) groups is 2. The summed E-state index contributed by atoms with van der Waals surface area (Å²) in [5.74, 6) is -2.41. The molecule has 3 aliphatic rings. The largest absolute Gasteiger partial charge is 0.481 e. The van der Waals surface area contributed by atoms with Crippen LogP contribution in [-0.4, -0.2) is 51.7 Å². The number of H-pyrrole nitrogens is 1. The number of ether oxygens (including phenoxy) is 1. The number of aromatic nitrogens is 1. The third-order valence-electron chi connectivity index (χ3n) is 5.79. The van der Waals surface area contributed by atoms with Crippen LogP contribution in [0.3, 0.4) is 0 Å². The predicted octanol–water partition coefficient (Wildman–Crippen LogP) is 1.58. The minimum atomic E-state index is -0.951. The fourth-order valence-electron chi connectivity index (χ4n) is 4.64. The zero-order valence-electron chi connectivity index (χ0n) is 13.5.